The van der Waals surface area contributed by atoms with Crippen LogP contribution in [0.25, 0.3) is 0 Å². The summed E-state index contributed by atoms with van der Waals surface area (Å²) in [6.45, 7) is 6.24. The molecule has 1 fully saturated rings. The molecule has 170 valence electrons. The Hall–Kier alpha value is -2.77. The summed E-state index contributed by atoms with van der Waals surface area (Å²) in [5.74, 6) is 2.59. The number of rotatable bonds is 7. The predicted octanol–water partition coefficient (Wildman–Crippen LogP) is 4.72. The summed E-state index contributed by atoms with van der Waals surface area (Å²) in [4.78, 5) is 18.9. The van der Waals surface area contributed by atoms with Gasteiger partial charge in [-0.2, -0.15) is 4.98 Å². The van der Waals surface area contributed by atoms with E-state index < -0.39 is 5.60 Å². The summed E-state index contributed by atoms with van der Waals surface area (Å²) in [5.41, 5.74) is 0.619. The molecule has 1 aliphatic rings. The van der Waals surface area contributed by atoms with Crippen LogP contribution in [0.2, 0.25) is 0 Å². The van der Waals surface area contributed by atoms with E-state index in [4.69, 9.17) is 18.7 Å². The Labute approximate surface area is 183 Å². The first kappa shape index (κ1) is 22.9. The minimum Gasteiger partial charge on any atom is -0.493 e. The number of carbonyl (C=O) groups is 1. The molecule has 0 bridgehead atoms. The average molecular weight is 432 g/mol. The van der Waals surface area contributed by atoms with Crippen molar-refractivity contribution in [1.82, 2.24) is 15.0 Å². The molecular formula is C23H33N3O5. The topological polar surface area (TPSA) is 86.9 Å². The number of ether oxygens (including phenoxy) is 3. The highest BCUT2D eigenvalue weighted by molar-refractivity contribution is 5.68. The Morgan fingerprint density at radius 2 is 1.94 bits per heavy atom. The van der Waals surface area contributed by atoms with E-state index in [0.717, 1.165) is 49.2 Å². The van der Waals surface area contributed by atoms with Gasteiger partial charge in [0, 0.05) is 13.0 Å². The lowest BCUT2D eigenvalue weighted by molar-refractivity contribution is 0.00538. The van der Waals surface area contributed by atoms with E-state index in [1.165, 1.54) is 0 Å². The number of benzene rings is 1. The molecule has 1 amide bonds. The Balaban J connectivity index is 1.59. The third kappa shape index (κ3) is 6.12. The number of amides is 1. The largest absolute Gasteiger partial charge is 0.493 e. The van der Waals surface area contributed by atoms with Crippen LogP contribution in [0.1, 0.15) is 69.8 Å². The van der Waals surface area contributed by atoms with E-state index in [0.29, 0.717) is 24.7 Å². The molecule has 0 saturated carbocycles. The van der Waals surface area contributed by atoms with Crippen molar-refractivity contribution in [2.24, 2.45) is 0 Å². The van der Waals surface area contributed by atoms with E-state index in [1.807, 2.05) is 39.0 Å². The van der Waals surface area contributed by atoms with Gasteiger partial charge in [-0.15, -0.1) is 0 Å². The lowest BCUT2D eigenvalue weighted by atomic mass is 10.0. The second-order valence-electron chi connectivity index (χ2n) is 8.78. The van der Waals surface area contributed by atoms with E-state index in [9.17, 15) is 4.79 Å². The number of carbonyl (C=O) groups excluding carboxylic acids is 1. The van der Waals surface area contributed by atoms with Gasteiger partial charge in [0.2, 0.25) is 5.89 Å². The van der Waals surface area contributed by atoms with Crippen LogP contribution in [-0.2, 0) is 17.6 Å². The Morgan fingerprint density at radius 1 is 1.16 bits per heavy atom. The first-order valence-electron chi connectivity index (χ1n) is 10.8. The number of nitrogens with zero attached hydrogens (tertiary/aromatic N) is 3. The molecule has 1 unspecified atom stereocenters. The number of piperidine rings is 1. The summed E-state index contributed by atoms with van der Waals surface area (Å²) < 4.78 is 21.7. The van der Waals surface area contributed by atoms with Gasteiger partial charge < -0.3 is 18.7 Å². The molecule has 0 spiro atoms. The minimum absolute atomic E-state index is 0.226. The van der Waals surface area contributed by atoms with Gasteiger partial charge in [-0.3, -0.25) is 4.90 Å². The van der Waals surface area contributed by atoms with Gasteiger partial charge in [0.05, 0.1) is 14.2 Å². The molecule has 3 rings (SSSR count). The smallest absolute Gasteiger partial charge is 0.410 e. The zero-order valence-electron chi connectivity index (χ0n) is 19.1. The van der Waals surface area contributed by atoms with Crippen LogP contribution in [0.4, 0.5) is 4.79 Å². The Bertz CT molecular complexity index is 874. The van der Waals surface area contributed by atoms with Crippen LogP contribution in [0.3, 0.4) is 0 Å². The van der Waals surface area contributed by atoms with Crippen LogP contribution in [0.15, 0.2) is 22.7 Å². The van der Waals surface area contributed by atoms with Crippen LogP contribution in [-0.4, -0.2) is 47.5 Å². The van der Waals surface area contributed by atoms with E-state index in [-0.39, 0.29) is 12.1 Å². The van der Waals surface area contributed by atoms with Gasteiger partial charge in [0.25, 0.3) is 0 Å². The first-order chi connectivity index (χ1) is 14.8. The third-order valence-corrected chi connectivity index (χ3v) is 5.21. The fraction of sp³-hybridized carbons (Fsp3) is 0.609. The van der Waals surface area contributed by atoms with Crippen LogP contribution < -0.4 is 9.47 Å². The van der Waals surface area contributed by atoms with Gasteiger partial charge in [-0.25, -0.2) is 4.79 Å². The fourth-order valence-electron chi connectivity index (χ4n) is 3.72. The second-order valence-corrected chi connectivity index (χ2v) is 8.78. The molecule has 2 aromatic rings. The molecular weight excluding hydrogens is 398 g/mol. The zero-order valence-corrected chi connectivity index (χ0v) is 19.1. The fourth-order valence-corrected chi connectivity index (χ4v) is 3.72. The summed E-state index contributed by atoms with van der Waals surface area (Å²) in [7, 11) is 3.26. The normalized spacial score (nSPS) is 16.8. The maximum atomic E-state index is 12.6. The Morgan fingerprint density at radius 3 is 2.65 bits per heavy atom. The van der Waals surface area contributed by atoms with Crippen molar-refractivity contribution < 1.29 is 23.5 Å². The molecule has 8 heteroatoms. The molecule has 2 heterocycles. The molecule has 8 nitrogen and oxygen atoms in total. The quantitative estimate of drug-likeness (QED) is 0.626. The highest BCUT2D eigenvalue weighted by Gasteiger charge is 2.34. The highest BCUT2D eigenvalue weighted by Crippen LogP contribution is 2.32. The number of aromatic nitrogens is 2. The van der Waals surface area contributed by atoms with Gasteiger partial charge in [-0.1, -0.05) is 11.2 Å². The van der Waals surface area contributed by atoms with Crippen molar-refractivity contribution >= 4 is 6.09 Å². The number of aryl methyl sites for hydroxylation is 2. The van der Waals surface area contributed by atoms with Crippen molar-refractivity contribution in [2.45, 2.75) is 70.9 Å². The summed E-state index contributed by atoms with van der Waals surface area (Å²) in [5, 5.41) is 4.14. The molecule has 0 aliphatic carbocycles. The van der Waals surface area contributed by atoms with E-state index in [1.54, 1.807) is 19.1 Å². The van der Waals surface area contributed by atoms with Crippen LogP contribution in [0.5, 0.6) is 11.5 Å². The van der Waals surface area contributed by atoms with Crippen LogP contribution >= 0.6 is 0 Å². The number of hydrogen-bond acceptors (Lipinski definition) is 7. The van der Waals surface area contributed by atoms with E-state index in [2.05, 4.69) is 10.1 Å². The molecule has 1 aliphatic heterocycles. The lowest BCUT2D eigenvalue weighted by Gasteiger charge is -2.34. The molecule has 0 N–H and O–H groups in total. The van der Waals surface area contributed by atoms with Gasteiger partial charge >= 0.3 is 6.09 Å². The summed E-state index contributed by atoms with van der Waals surface area (Å²) in [6, 6.07) is 5.70. The van der Waals surface area contributed by atoms with Gasteiger partial charge in [0.1, 0.15) is 11.6 Å². The zero-order chi connectivity index (χ0) is 22.4. The standard InChI is InChI=1S/C23H33N3O5/c1-23(2,3)30-22(27)26-14-7-6-10-17(26)21-24-20(25-31-21)11-8-9-16-12-13-18(28-4)19(15-16)29-5/h12-13,15,17H,6-11,14H2,1-5H3. The number of methoxy groups -OCH3 is 2. The SMILES string of the molecule is COc1ccc(CCCc2noc(C3CCCCN3C(=O)OC(C)(C)C)n2)cc1OC. The van der Waals surface area contributed by atoms with Gasteiger partial charge in [0.15, 0.2) is 17.3 Å². The average Bonchev–Trinajstić information content (AvgIpc) is 3.21. The maximum Gasteiger partial charge on any atom is 0.410 e. The van der Waals surface area contributed by atoms with Crippen molar-refractivity contribution in [3.05, 3.63) is 35.5 Å². The monoisotopic (exact) mass is 431 g/mol. The molecule has 1 aromatic carbocycles. The first-order valence-corrected chi connectivity index (χ1v) is 10.8. The highest BCUT2D eigenvalue weighted by atomic mass is 16.6. The van der Waals surface area contributed by atoms with Crippen molar-refractivity contribution in [3.63, 3.8) is 0 Å². The lowest BCUT2D eigenvalue weighted by Crippen LogP contribution is -2.42. The Kier molecular flexibility index (Phi) is 7.41. The maximum absolute atomic E-state index is 12.6. The third-order valence-electron chi connectivity index (χ3n) is 5.21. The van der Waals surface area contributed by atoms with E-state index >= 15 is 0 Å². The summed E-state index contributed by atoms with van der Waals surface area (Å²) >= 11 is 0. The molecule has 31 heavy (non-hydrogen) atoms. The molecule has 1 saturated heterocycles. The van der Waals surface area contributed by atoms with Crippen molar-refractivity contribution in [1.29, 1.82) is 0 Å². The van der Waals surface area contributed by atoms with Crippen molar-refractivity contribution in [3.8, 4) is 11.5 Å². The molecule has 1 atom stereocenters. The number of likely N-dealkylation sites (tertiary alicyclic amines) is 1. The molecule has 1 aromatic heterocycles. The van der Waals surface area contributed by atoms with Gasteiger partial charge in [-0.05, 0) is 70.6 Å². The summed E-state index contributed by atoms with van der Waals surface area (Å²) in [6.07, 6.45) is 4.85. The minimum atomic E-state index is -0.538. The second kappa shape index (κ2) is 10.0. The van der Waals surface area contributed by atoms with Crippen molar-refractivity contribution in [2.75, 3.05) is 20.8 Å². The molecule has 0 radical (unpaired) electrons. The number of hydrogen-bond donors (Lipinski definition) is 0. The van der Waals surface area contributed by atoms with Crippen LogP contribution in [0, 0.1) is 0 Å². The predicted molar refractivity (Wildman–Crippen MR) is 115 cm³/mol.